The molecule has 21 heavy (non-hydrogen) atoms. The van der Waals surface area contributed by atoms with Gasteiger partial charge in [-0.2, -0.15) is 0 Å². The van der Waals surface area contributed by atoms with Crippen molar-refractivity contribution in [3.8, 4) is 0 Å². The van der Waals surface area contributed by atoms with E-state index in [1.807, 2.05) is 18.2 Å². The summed E-state index contributed by atoms with van der Waals surface area (Å²) in [5, 5.41) is 10.2. The van der Waals surface area contributed by atoms with Crippen LogP contribution in [-0.2, 0) is 19.6 Å². The topological polar surface area (TPSA) is 40.5 Å². The Balaban J connectivity index is 1.79. The maximum Gasteiger partial charge on any atom is 0.335 e. The summed E-state index contributed by atoms with van der Waals surface area (Å²) in [5.74, 6) is -0.894. The SMILES string of the molecule is O=C(O)c1ccc2c(c1)CN(Cc1cccc(Cl)c1Cl)C2. The van der Waals surface area contributed by atoms with Gasteiger partial charge in [0.2, 0.25) is 0 Å². The number of halogens is 2. The molecule has 0 aliphatic carbocycles. The molecule has 1 heterocycles. The molecule has 1 aliphatic rings. The summed E-state index contributed by atoms with van der Waals surface area (Å²) >= 11 is 12.2. The fourth-order valence-corrected chi connectivity index (χ4v) is 3.00. The second kappa shape index (κ2) is 5.68. The highest BCUT2D eigenvalue weighted by atomic mass is 35.5. The molecule has 0 unspecified atom stereocenters. The lowest BCUT2D eigenvalue weighted by Crippen LogP contribution is -2.15. The van der Waals surface area contributed by atoms with Gasteiger partial charge in [0.1, 0.15) is 0 Å². The van der Waals surface area contributed by atoms with Crippen LogP contribution in [0.3, 0.4) is 0 Å². The van der Waals surface area contributed by atoms with Gasteiger partial charge in [-0.15, -0.1) is 0 Å². The van der Waals surface area contributed by atoms with Gasteiger partial charge in [0.15, 0.2) is 0 Å². The van der Waals surface area contributed by atoms with E-state index >= 15 is 0 Å². The van der Waals surface area contributed by atoms with Crippen LogP contribution in [0.4, 0.5) is 0 Å². The third-order valence-corrected chi connectivity index (χ3v) is 4.52. The molecule has 2 aromatic rings. The minimum atomic E-state index is -0.894. The first kappa shape index (κ1) is 14.4. The van der Waals surface area contributed by atoms with Crippen LogP contribution in [0.1, 0.15) is 27.0 Å². The molecule has 0 fully saturated rings. The molecule has 0 radical (unpaired) electrons. The quantitative estimate of drug-likeness (QED) is 0.920. The number of hydrogen-bond acceptors (Lipinski definition) is 2. The van der Waals surface area contributed by atoms with Crippen molar-refractivity contribution in [3.63, 3.8) is 0 Å². The number of carbonyl (C=O) groups is 1. The number of carboxylic acid groups (broad SMARTS) is 1. The molecule has 0 saturated carbocycles. The highest BCUT2D eigenvalue weighted by molar-refractivity contribution is 6.42. The standard InChI is InChI=1S/C16H13Cl2NO2/c17-14-3-1-2-12(15(14)18)8-19-7-11-5-4-10(16(20)21)6-13(11)9-19/h1-6H,7-9H2,(H,20,21). The van der Waals surface area contributed by atoms with E-state index in [2.05, 4.69) is 4.90 Å². The van der Waals surface area contributed by atoms with Crippen molar-refractivity contribution >= 4 is 29.2 Å². The van der Waals surface area contributed by atoms with Crippen molar-refractivity contribution in [1.29, 1.82) is 0 Å². The lowest BCUT2D eigenvalue weighted by molar-refractivity contribution is 0.0696. The highest BCUT2D eigenvalue weighted by Crippen LogP contribution is 2.30. The number of fused-ring (bicyclic) bond motifs is 1. The molecule has 0 spiro atoms. The van der Waals surface area contributed by atoms with Gasteiger partial charge in [-0.05, 0) is 34.9 Å². The second-order valence-electron chi connectivity index (χ2n) is 5.15. The van der Waals surface area contributed by atoms with Crippen LogP contribution >= 0.6 is 23.2 Å². The zero-order valence-electron chi connectivity index (χ0n) is 11.1. The Morgan fingerprint density at radius 1 is 1.14 bits per heavy atom. The van der Waals surface area contributed by atoms with Crippen LogP contribution in [0.25, 0.3) is 0 Å². The van der Waals surface area contributed by atoms with Crippen LogP contribution in [0, 0.1) is 0 Å². The zero-order valence-corrected chi connectivity index (χ0v) is 12.7. The predicted molar refractivity (Wildman–Crippen MR) is 82.8 cm³/mol. The molecule has 1 N–H and O–H groups in total. The molecule has 3 nitrogen and oxygen atoms in total. The predicted octanol–water partition coefficient (Wildman–Crippen LogP) is 4.21. The number of rotatable bonds is 3. The Morgan fingerprint density at radius 3 is 2.67 bits per heavy atom. The number of hydrogen-bond donors (Lipinski definition) is 1. The number of benzene rings is 2. The van der Waals surface area contributed by atoms with E-state index in [0.29, 0.717) is 22.2 Å². The van der Waals surface area contributed by atoms with E-state index in [1.165, 1.54) is 0 Å². The molecule has 3 rings (SSSR count). The normalized spacial score (nSPS) is 14.2. The van der Waals surface area contributed by atoms with Crippen molar-refractivity contribution in [1.82, 2.24) is 4.90 Å². The molecule has 5 heteroatoms. The van der Waals surface area contributed by atoms with Crippen LogP contribution in [0.2, 0.25) is 10.0 Å². The molecule has 1 aliphatic heterocycles. The zero-order chi connectivity index (χ0) is 15.0. The molecule has 0 atom stereocenters. The van der Waals surface area contributed by atoms with Gasteiger partial charge in [-0.3, -0.25) is 4.90 Å². The van der Waals surface area contributed by atoms with Gasteiger partial charge in [0.25, 0.3) is 0 Å². The molecule has 108 valence electrons. The van der Waals surface area contributed by atoms with Gasteiger partial charge in [0.05, 0.1) is 15.6 Å². The monoisotopic (exact) mass is 321 g/mol. The Labute approximate surface area is 132 Å². The number of nitrogens with zero attached hydrogens (tertiary/aromatic N) is 1. The van der Waals surface area contributed by atoms with E-state index < -0.39 is 5.97 Å². The first-order valence-corrected chi connectivity index (χ1v) is 7.30. The molecule has 0 amide bonds. The third-order valence-electron chi connectivity index (χ3n) is 3.67. The maximum atomic E-state index is 11.0. The third kappa shape index (κ3) is 2.91. The van der Waals surface area contributed by atoms with Crippen molar-refractivity contribution in [3.05, 3.63) is 68.7 Å². The first-order chi connectivity index (χ1) is 10.0. The van der Waals surface area contributed by atoms with Crippen LogP contribution in [0.15, 0.2) is 36.4 Å². The Hall–Kier alpha value is -1.55. The summed E-state index contributed by atoms with van der Waals surface area (Å²) in [6, 6.07) is 10.9. The van der Waals surface area contributed by atoms with Crippen molar-refractivity contribution < 1.29 is 9.90 Å². The largest absolute Gasteiger partial charge is 0.478 e. The summed E-state index contributed by atoms with van der Waals surface area (Å²) in [5.41, 5.74) is 3.54. The van der Waals surface area contributed by atoms with E-state index in [9.17, 15) is 4.79 Å². The van der Waals surface area contributed by atoms with Gasteiger partial charge < -0.3 is 5.11 Å². The minimum Gasteiger partial charge on any atom is -0.478 e. The van der Waals surface area contributed by atoms with Crippen molar-refractivity contribution in [2.45, 2.75) is 19.6 Å². The van der Waals surface area contributed by atoms with Gasteiger partial charge in [0, 0.05) is 19.6 Å². The molecule has 0 aromatic heterocycles. The number of aromatic carboxylic acids is 1. The van der Waals surface area contributed by atoms with Crippen molar-refractivity contribution in [2.24, 2.45) is 0 Å². The number of carboxylic acids is 1. The summed E-state index contributed by atoms with van der Waals surface area (Å²) in [6.45, 7) is 2.20. The Bertz CT molecular complexity index is 715. The fraction of sp³-hybridized carbons (Fsp3) is 0.188. The van der Waals surface area contributed by atoms with Crippen LogP contribution in [0.5, 0.6) is 0 Å². The van der Waals surface area contributed by atoms with Crippen molar-refractivity contribution in [2.75, 3.05) is 0 Å². The smallest absolute Gasteiger partial charge is 0.335 e. The highest BCUT2D eigenvalue weighted by Gasteiger charge is 2.21. The fourth-order valence-electron chi connectivity index (χ4n) is 2.62. The Morgan fingerprint density at radius 2 is 1.90 bits per heavy atom. The van der Waals surface area contributed by atoms with E-state index in [-0.39, 0.29) is 0 Å². The minimum absolute atomic E-state index is 0.330. The lowest BCUT2D eigenvalue weighted by Gasteiger charge is -2.16. The average molecular weight is 322 g/mol. The molecular formula is C16H13Cl2NO2. The molecule has 2 aromatic carbocycles. The van der Waals surface area contributed by atoms with Crippen LogP contribution < -0.4 is 0 Å². The van der Waals surface area contributed by atoms with E-state index in [0.717, 1.165) is 29.8 Å². The average Bonchev–Trinajstić information content (AvgIpc) is 2.85. The second-order valence-corrected chi connectivity index (χ2v) is 5.93. The first-order valence-electron chi connectivity index (χ1n) is 6.55. The summed E-state index contributed by atoms with van der Waals surface area (Å²) in [7, 11) is 0. The Kier molecular flexibility index (Phi) is 3.89. The lowest BCUT2D eigenvalue weighted by atomic mass is 10.1. The summed E-state index contributed by atoms with van der Waals surface area (Å²) < 4.78 is 0. The summed E-state index contributed by atoms with van der Waals surface area (Å²) in [4.78, 5) is 13.2. The van der Waals surface area contributed by atoms with E-state index in [4.69, 9.17) is 28.3 Å². The van der Waals surface area contributed by atoms with Gasteiger partial charge >= 0.3 is 5.97 Å². The van der Waals surface area contributed by atoms with Gasteiger partial charge in [-0.1, -0.05) is 41.4 Å². The molecule has 0 saturated heterocycles. The molecular weight excluding hydrogens is 309 g/mol. The van der Waals surface area contributed by atoms with Gasteiger partial charge in [-0.25, -0.2) is 4.79 Å². The summed E-state index contributed by atoms with van der Waals surface area (Å²) in [6.07, 6.45) is 0. The maximum absolute atomic E-state index is 11.0. The molecule has 0 bridgehead atoms. The van der Waals surface area contributed by atoms with E-state index in [1.54, 1.807) is 18.2 Å². The van der Waals surface area contributed by atoms with Crippen LogP contribution in [-0.4, -0.2) is 16.0 Å².